The van der Waals surface area contributed by atoms with Gasteiger partial charge in [-0.2, -0.15) is 0 Å². The second kappa shape index (κ2) is 4.97. The lowest BCUT2D eigenvalue weighted by atomic mass is 9.41. The van der Waals surface area contributed by atoms with E-state index in [9.17, 15) is 15.0 Å². The third-order valence-corrected chi connectivity index (χ3v) is 9.00. The Kier molecular flexibility index (Phi) is 3.44. The maximum absolute atomic E-state index is 12.1. The van der Waals surface area contributed by atoms with Crippen LogP contribution in [0.1, 0.15) is 71.6 Å². The first-order chi connectivity index (χ1) is 10.9. The van der Waals surface area contributed by atoms with Crippen LogP contribution in [-0.2, 0) is 4.79 Å². The van der Waals surface area contributed by atoms with Gasteiger partial charge in [0.2, 0.25) is 0 Å². The van der Waals surface area contributed by atoms with Crippen molar-refractivity contribution in [1.29, 1.82) is 0 Å². The number of carboxylic acid groups (broad SMARTS) is 1. The third-order valence-electron chi connectivity index (χ3n) is 9.00. The van der Waals surface area contributed by atoms with Crippen molar-refractivity contribution in [3.8, 4) is 0 Å². The summed E-state index contributed by atoms with van der Waals surface area (Å²) >= 11 is 0. The Hall–Kier alpha value is -0.570. The van der Waals surface area contributed by atoms with Gasteiger partial charge in [0.1, 0.15) is 0 Å². The zero-order valence-corrected chi connectivity index (χ0v) is 14.7. The first-order valence-electron chi connectivity index (χ1n) is 9.70. The zero-order valence-electron chi connectivity index (χ0n) is 14.7. The van der Waals surface area contributed by atoms with Gasteiger partial charge in [0.05, 0.1) is 5.41 Å². The summed E-state index contributed by atoms with van der Waals surface area (Å²) in [5.41, 5.74) is 0.0811. The Balaban J connectivity index is 1.71. The van der Waals surface area contributed by atoms with Crippen LogP contribution in [0.25, 0.3) is 0 Å². The van der Waals surface area contributed by atoms with E-state index in [4.69, 9.17) is 0 Å². The van der Waals surface area contributed by atoms with Crippen LogP contribution in [-0.4, -0.2) is 22.8 Å². The fourth-order valence-electron chi connectivity index (χ4n) is 8.06. The average molecular weight is 320 g/mol. The standard InChI is InChI=1S/C20H32O3/c1-18-7-3-8-19(2,17(22)23)15(18)6-9-20-10-13(4-5-16(18)20)14(11-20)12-21/h13-16,21H,3-12H2,1-2H3,(H,22,23)/t13-,14-,15-,16-,18-,19-,20-/m0/s1. The summed E-state index contributed by atoms with van der Waals surface area (Å²) in [5.74, 6) is 1.68. The van der Waals surface area contributed by atoms with Gasteiger partial charge in [0.15, 0.2) is 0 Å². The number of aliphatic carboxylic acids is 1. The molecule has 0 heterocycles. The van der Waals surface area contributed by atoms with Gasteiger partial charge in [-0.05, 0) is 92.8 Å². The van der Waals surface area contributed by atoms with Gasteiger partial charge in [-0.1, -0.05) is 13.3 Å². The lowest BCUT2D eigenvalue weighted by molar-refractivity contribution is -0.181. The van der Waals surface area contributed by atoms with Gasteiger partial charge in [0.25, 0.3) is 0 Å². The van der Waals surface area contributed by atoms with E-state index in [1.165, 1.54) is 38.5 Å². The van der Waals surface area contributed by atoms with Crippen molar-refractivity contribution >= 4 is 5.97 Å². The normalized spacial score (nSPS) is 55.1. The summed E-state index contributed by atoms with van der Waals surface area (Å²) < 4.78 is 0. The number of aliphatic hydroxyl groups excluding tert-OH is 1. The minimum Gasteiger partial charge on any atom is -0.481 e. The highest BCUT2D eigenvalue weighted by Gasteiger charge is 2.65. The van der Waals surface area contributed by atoms with E-state index < -0.39 is 11.4 Å². The Morgan fingerprint density at radius 2 is 1.83 bits per heavy atom. The van der Waals surface area contributed by atoms with E-state index >= 15 is 0 Å². The van der Waals surface area contributed by atoms with Crippen molar-refractivity contribution in [1.82, 2.24) is 0 Å². The van der Waals surface area contributed by atoms with Gasteiger partial charge in [-0.15, -0.1) is 0 Å². The summed E-state index contributed by atoms with van der Waals surface area (Å²) in [4.78, 5) is 12.1. The lowest BCUT2D eigenvalue weighted by Gasteiger charge is -2.63. The molecule has 4 aliphatic rings. The summed E-state index contributed by atoms with van der Waals surface area (Å²) in [5, 5.41) is 19.7. The SMILES string of the molecule is C[C@]12CCC[C@](C)(C(=O)O)[C@H]1CC[C@]13C[C@@H](CO)[C@@H](CC[C@H]12)C3. The van der Waals surface area contributed by atoms with Crippen LogP contribution in [0, 0.1) is 39.9 Å². The monoisotopic (exact) mass is 320 g/mol. The minimum atomic E-state index is -0.572. The van der Waals surface area contributed by atoms with Gasteiger partial charge in [-0.25, -0.2) is 0 Å². The Morgan fingerprint density at radius 1 is 1.04 bits per heavy atom. The molecule has 0 unspecified atom stereocenters. The molecular weight excluding hydrogens is 288 g/mol. The summed E-state index contributed by atoms with van der Waals surface area (Å²) in [6.07, 6.45) is 10.4. The van der Waals surface area contributed by atoms with Gasteiger partial charge >= 0.3 is 5.97 Å². The maximum Gasteiger partial charge on any atom is 0.309 e. The molecule has 4 fully saturated rings. The predicted octanol–water partition coefficient (Wildman–Crippen LogP) is 4.09. The molecule has 0 aromatic rings. The summed E-state index contributed by atoms with van der Waals surface area (Å²) in [6, 6.07) is 0. The molecule has 3 heteroatoms. The third kappa shape index (κ3) is 1.95. The highest BCUT2D eigenvalue weighted by molar-refractivity contribution is 5.75. The van der Waals surface area contributed by atoms with Gasteiger partial charge in [-0.3, -0.25) is 4.79 Å². The van der Waals surface area contributed by atoms with Gasteiger partial charge in [0, 0.05) is 6.61 Å². The molecule has 3 nitrogen and oxygen atoms in total. The van der Waals surface area contributed by atoms with E-state index in [1.807, 2.05) is 6.92 Å². The Bertz CT molecular complexity index is 517. The zero-order chi connectivity index (χ0) is 16.5. The molecule has 0 aliphatic heterocycles. The molecule has 0 radical (unpaired) electrons. The first kappa shape index (κ1) is 15.9. The van der Waals surface area contributed by atoms with Crippen LogP contribution in [0.15, 0.2) is 0 Å². The average Bonchev–Trinajstić information content (AvgIpc) is 2.77. The number of carbonyl (C=O) groups is 1. The molecule has 0 aromatic heterocycles. The minimum absolute atomic E-state index is 0.193. The molecule has 4 aliphatic carbocycles. The highest BCUT2D eigenvalue weighted by Crippen LogP contribution is 2.72. The fourth-order valence-corrected chi connectivity index (χ4v) is 8.06. The van der Waals surface area contributed by atoms with Crippen LogP contribution >= 0.6 is 0 Å². The lowest BCUT2D eigenvalue weighted by Crippen LogP contribution is -2.58. The van der Waals surface area contributed by atoms with Crippen molar-refractivity contribution in [2.45, 2.75) is 71.6 Å². The molecule has 2 N–H and O–H groups in total. The second-order valence-electron chi connectivity index (χ2n) is 9.78. The molecule has 0 saturated heterocycles. The largest absolute Gasteiger partial charge is 0.481 e. The first-order valence-corrected chi connectivity index (χ1v) is 9.70. The smallest absolute Gasteiger partial charge is 0.309 e. The van der Waals surface area contributed by atoms with Crippen molar-refractivity contribution in [3.05, 3.63) is 0 Å². The van der Waals surface area contributed by atoms with E-state index in [1.54, 1.807) is 0 Å². The molecule has 23 heavy (non-hydrogen) atoms. The fraction of sp³-hybridized carbons (Fsp3) is 0.950. The topological polar surface area (TPSA) is 57.5 Å². The van der Waals surface area contributed by atoms with Crippen molar-refractivity contribution in [2.24, 2.45) is 39.9 Å². The molecule has 7 atom stereocenters. The maximum atomic E-state index is 12.1. The van der Waals surface area contributed by atoms with Crippen LogP contribution in [0.5, 0.6) is 0 Å². The predicted molar refractivity (Wildman–Crippen MR) is 88.9 cm³/mol. The molecule has 1 spiro atoms. The molecule has 4 saturated carbocycles. The number of hydrogen-bond acceptors (Lipinski definition) is 2. The van der Waals surface area contributed by atoms with E-state index in [2.05, 4.69) is 6.92 Å². The Labute approximate surface area is 139 Å². The number of rotatable bonds is 2. The second-order valence-corrected chi connectivity index (χ2v) is 9.78. The molecule has 0 aromatic carbocycles. The number of aliphatic hydroxyl groups is 1. The summed E-state index contributed by atoms with van der Waals surface area (Å²) in [7, 11) is 0. The molecule has 2 bridgehead atoms. The molecule has 0 amide bonds. The van der Waals surface area contributed by atoms with Gasteiger partial charge < -0.3 is 10.2 Å². The van der Waals surface area contributed by atoms with E-state index in [0.29, 0.717) is 29.8 Å². The van der Waals surface area contributed by atoms with Crippen LogP contribution < -0.4 is 0 Å². The van der Waals surface area contributed by atoms with E-state index in [-0.39, 0.29) is 5.41 Å². The highest BCUT2D eigenvalue weighted by atomic mass is 16.4. The quantitative estimate of drug-likeness (QED) is 0.805. The van der Waals surface area contributed by atoms with E-state index in [0.717, 1.165) is 25.2 Å². The molecule has 130 valence electrons. The number of fused-ring (bicyclic) bond motifs is 3. The van der Waals surface area contributed by atoms with Crippen LogP contribution in [0.4, 0.5) is 0 Å². The number of hydrogen-bond donors (Lipinski definition) is 2. The molecular formula is C20H32O3. The van der Waals surface area contributed by atoms with Crippen molar-refractivity contribution in [3.63, 3.8) is 0 Å². The van der Waals surface area contributed by atoms with Crippen LogP contribution in [0.2, 0.25) is 0 Å². The Morgan fingerprint density at radius 3 is 2.52 bits per heavy atom. The summed E-state index contributed by atoms with van der Waals surface area (Å²) in [6.45, 7) is 4.80. The van der Waals surface area contributed by atoms with Crippen molar-refractivity contribution < 1.29 is 15.0 Å². The van der Waals surface area contributed by atoms with Crippen LogP contribution in [0.3, 0.4) is 0 Å². The van der Waals surface area contributed by atoms with Crippen molar-refractivity contribution in [2.75, 3.05) is 6.61 Å². The number of carboxylic acids is 1. The molecule has 4 rings (SSSR count).